The fraction of sp³-hybridized carbons (Fsp3) is 0.533. The van der Waals surface area contributed by atoms with E-state index in [2.05, 4.69) is 15.9 Å². The van der Waals surface area contributed by atoms with Crippen molar-refractivity contribution < 1.29 is 4.79 Å². The summed E-state index contributed by atoms with van der Waals surface area (Å²) in [5, 5.41) is 0. The van der Waals surface area contributed by atoms with E-state index in [1.165, 1.54) is 0 Å². The Kier molecular flexibility index (Phi) is 4.99. The third kappa shape index (κ3) is 3.57. The summed E-state index contributed by atoms with van der Waals surface area (Å²) in [6.45, 7) is 4.46. The molecule has 1 aliphatic heterocycles. The Balaban J connectivity index is 2.01. The van der Waals surface area contributed by atoms with Gasteiger partial charge in [0.2, 0.25) is 0 Å². The predicted octanol–water partition coefficient (Wildman–Crippen LogP) is 2.96. The van der Waals surface area contributed by atoms with E-state index in [4.69, 9.17) is 5.73 Å². The van der Waals surface area contributed by atoms with Gasteiger partial charge in [-0.3, -0.25) is 4.79 Å². The van der Waals surface area contributed by atoms with Crippen LogP contribution < -0.4 is 5.73 Å². The molecular weight excluding hydrogens is 304 g/mol. The van der Waals surface area contributed by atoms with E-state index in [-0.39, 0.29) is 5.91 Å². The van der Waals surface area contributed by atoms with Crippen LogP contribution in [0.3, 0.4) is 0 Å². The van der Waals surface area contributed by atoms with Gasteiger partial charge in [-0.05, 0) is 62.4 Å². The maximum atomic E-state index is 12.5. The zero-order valence-electron chi connectivity index (χ0n) is 11.4. The van der Waals surface area contributed by atoms with E-state index < -0.39 is 0 Å². The average molecular weight is 325 g/mol. The molecule has 0 aliphatic carbocycles. The molecule has 4 heteroatoms. The lowest BCUT2D eigenvalue weighted by atomic mass is 9.93. The Morgan fingerprint density at radius 3 is 2.68 bits per heavy atom. The highest BCUT2D eigenvalue weighted by Gasteiger charge is 2.23. The first-order valence-electron chi connectivity index (χ1n) is 6.87. The second-order valence-corrected chi connectivity index (χ2v) is 6.19. The van der Waals surface area contributed by atoms with Crippen LogP contribution >= 0.6 is 15.9 Å². The Morgan fingerprint density at radius 1 is 1.42 bits per heavy atom. The van der Waals surface area contributed by atoms with Gasteiger partial charge in [-0.25, -0.2) is 0 Å². The molecule has 0 unspecified atom stereocenters. The molecule has 1 amide bonds. The van der Waals surface area contributed by atoms with Crippen molar-refractivity contribution >= 4 is 21.8 Å². The van der Waals surface area contributed by atoms with Crippen LogP contribution in [0.5, 0.6) is 0 Å². The summed E-state index contributed by atoms with van der Waals surface area (Å²) in [4.78, 5) is 14.5. The molecule has 3 nitrogen and oxygen atoms in total. The number of amides is 1. The fourth-order valence-electron chi connectivity index (χ4n) is 2.70. The Hall–Kier alpha value is -0.870. The van der Waals surface area contributed by atoms with Gasteiger partial charge in [0.25, 0.3) is 5.91 Å². The van der Waals surface area contributed by atoms with Crippen LogP contribution in [0.2, 0.25) is 0 Å². The quantitative estimate of drug-likeness (QED) is 0.929. The number of rotatable bonds is 3. The van der Waals surface area contributed by atoms with Crippen LogP contribution in [0.25, 0.3) is 0 Å². The first-order valence-corrected chi connectivity index (χ1v) is 7.66. The molecule has 0 saturated carbocycles. The maximum absolute atomic E-state index is 12.5. The van der Waals surface area contributed by atoms with E-state index in [0.717, 1.165) is 54.5 Å². The smallest absolute Gasteiger partial charge is 0.254 e. The highest BCUT2D eigenvalue weighted by atomic mass is 79.9. The zero-order valence-corrected chi connectivity index (χ0v) is 12.9. The third-order valence-corrected chi connectivity index (χ3v) is 4.39. The van der Waals surface area contributed by atoms with Crippen molar-refractivity contribution in [2.24, 2.45) is 11.7 Å². The van der Waals surface area contributed by atoms with Crippen molar-refractivity contribution in [2.75, 3.05) is 19.6 Å². The van der Waals surface area contributed by atoms with Gasteiger partial charge < -0.3 is 10.6 Å². The van der Waals surface area contributed by atoms with Crippen LogP contribution in [0, 0.1) is 12.8 Å². The lowest BCUT2D eigenvalue weighted by Crippen LogP contribution is -2.39. The van der Waals surface area contributed by atoms with Crippen LogP contribution in [0.1, 0.15) is 35.2 Å². The van der Waals surface area contributed by atoms with Gasteiger partial charge in [0.15, 0.2) is 0 Å². The molecule has 1 heterocycles. The molecule has 19 heavy (non-hydrogen) atoms. The van der Waals surface area contributed by atoms with Crippen molar-refractivity contribution in [3.05, 3.63) is 33.8 Å². The Labute approximate surface area is 123 Å². The van der Waals surface area contributed by atoms with Gasteiger partial charge in [-0.2, -0.15) is 0 Å². The summed E-state index contributed by atoms with van der Waals surface area (Å²) in [5.41, 5.74) is 7.44. The second kappa shape index (κ2) is 6.53. The molecule has 1 saturated heterocycles. The first kappa shape index (κ1) is 14.5. The molecule has 104 valence electrons. The van der Waals surface area contributed by atoms with Crippen molar-refractivity contribution in [3.8, 4) is 0 Å². The lowest BCUT2D eigenvalue weighted by Gasteiger charge is -2.32. The molecule has 1 fully saturated rings. The summed E-state index contributed by atoms with van der Waals surface area (Å²) in [5.74, 6) is 0.858. The molecule has 2 rings (SSSR count). The average Bonchev–Trinajstić information content (AvgIpc) is 2.39. The number of carbonyl (C=O) groups is 1. The zero-order chi connectivity index (χ0) is 13.8. The van der Waals surface area contributed by atoms with Gasteiger partial charge in [-0.1, -0.05) is 15.9 Å². The summed E-state index contributed by atoms with van der Waals surface area (Å²) in [6.07, 6.45) is 3.25. The number of hydrogen-bond acceptors (Lipinski definition) is 2. The molecule has 2 N–H and O–H groups in total. The fourth-order valence-corrected chi connectivity index (χ4v) is 3.17. The monoisotopic (exact) mass is 324 g/mol. The molecule has 1 aromatic carbocycles. The van der Waals surface area contributed by atoms with E-state index in [0.29, 0.717) is 5.92 Å². The van der Waals surface area contributed by atoms with Gasteiger partial charge in [-0.15, -0.1) is 0 Å². The van der Waals surface area contributed by atoms with Crippen LogP contribution in [-0.4, -0.2) is 30.4 Å². The predicted molar refractivity (Wildman–Crippen MR) is 81.2 cm³/mol. The molecule has 1 aromatic rings. The molecular formula is C15H21BrN2O. The summed E-state index contributed by atoms with van der Waals surface area (Å²) in [6, 6.07) is 5.84. The molecule has 0 aromatic heterocycles. The maximum Gasteiger partial charge on any atom is 0.254 e. The number of carbonyl (C=O) groups excluding carboxylic acids is 1. The van der Waals surface area contributed by atoms with Gasteiger partial charge in [0.1, 0.15) is 0 Å². The summed E-state index contributed by atoms with van der Waals surface area (Å²) < 4.78 is 1.02. The lowest BCUT2D eigenvalue weighted by molar-refractivity contribution is 0.0687. The van der Waals surface area contributed by atoms with E-state index in [9.17, 15) is 4.79 Å². The Bertz CT molecular complexity index is 453. The van der Waals surface area contributed by atoms with Crippen molar-refractivity contribution in [1.29, 1.82) is 0 Å². The largest absolute Gasteiger partial charge is 0.339 e. The molecule has 1 aliphatic rings. The highest BCUT2D eigenvalue weighted by Crippen LogP contribution is 2.23. The van der Waals surface area contributed by atoms with E-state index in [1.54, 1.807) is 0 Å². The molecule has 0 spiro atoms. The molecule has 0 radical (unpaired) electrons. The minimum absolute atomic E-state index is 0.163. The van der Waals surface area contributed by atoms with E-state index in [1.807, 2.05) is 30.0 Å². The highest BCUT2D eigenvalue weighted by molar-refractivity contribution is 9.10. The Morgan fingerprint density at radius 2 is 2.11 bits per heavy atom. The number of likely N-dealkylation sites (tertiary alicyclic amines) is 1. The van der Waals surface area contributed by atoms with Crippen LogP contribution in [-0.2, 0) is 0 Å². The number of piperidine rings is 1. The minimum Gasteiger partial charge on any atom is -0.339 e. The number of hydrogen-bond donors (Lipinski definition) is 1. The number of aryl methyl sites for hydroxylation is 1. The number of benzene rings is 1. The van der Waals surface area contributed by atoms with Gasteiger partial charge in [0.05, 0.1) is 0 Å². The SMILES string of the molecule is Cc1cc(Br)ccc1C(=O)N1CCC(CCN)CC1. The summed E-state index contributed by atoms with van der Waals surface area (Å²) in [7, 11) is 0. The second-order valence-electron chi connectivity index (χ2n) is 5.27. The van der Waals surface area contributed by atoms with Crippen LogP contribution in [0.15, 0.2) is 22.7 Å². The normalized spacial score (nSPS) is 16.7. The molecule has 0 bridgehead atoms. The van der Waals surface area contributed by atoms with Crippen LogP contribution in [0.4, 0.5) is 0 Å². The number of nitrogens with two attached hydrogens (primary N) is 1. The number of halogens is 1. The first-order chi connectivity index (χ1) is 9.11. The van der Waals surface area contributed by atoms with Gasteiger partial charge >= 0.3 is 0 Å². The van der Waals surface area contributed by atoms with Gasteiger partial charge in [0, 0.05) is 23.1 Å². The van der Waals surface area contributed by atoms with Crippen molar-refractivity contribution in [1.82, 2.24) is 4.90 Å². The minimum atomic E-state index is 0.163. The van der Waals surface area contributed by atoms with Crippen molar-refractivity contribution in [2.45, 2.75) is 26.2 Å². The third-order valence-electron chi connectivity index (χ3n) is 3.90. The molecule has 0 atom stereocenters. The standard InChI is InChI=1S/C15H21BrN2O/c1-11-10-13(16)2-3-14(11)15(19)18-8-5-12(4-7-17)6-9-18/h2-3,10,12H,4-9,17H2,1H3. The topological polar surface area (TPSA) is 46.3 Å². The van der Waals surface area contributed by atoms with Crippen molar-refractivity contribution in [3.63, 3.8) is 0 Å². The van der Waals surface area contributed by atoms with E-state index >= 15 is 0 Å². The number of nitrogens with zero attached hydrogens (tertiary/aromatic N) is 1. The summed E-state index contributed by atoms with van der Waals surface area (Å²) >= 11 is 3.43.